The molecule has 138 valence electrons. The Morgan fingerprint density at radius 2 is 1.73 bits per heavy atom. The van der Waals surface area contributed by atoms with E-state index in [2.05, 4.69) is 4.98 Å². The number of halogens is 1. The normalized spacial score (nSPS) is 10.7. The number of nitrogens with zero attached hydrogens (tertiary/aromatic N) is 1. The molecule has 0 radical (unpaired) electrons. The highest BCUT2D eigenvalue weighted by atomic mass is 19.1. The third kappa shape index (κ3) is 3.74. The number of benzene rings is 1. The standard InChI is InChI=1S/C20H22FNO4/c1-6-26-20(24)17-16(13-7-9-14(21)10-8-13)15(19(23)25-5)12(4)22-18(17)11(2)3/h7-11H,6H2,1-5H3. The van der Waals surface area contributed by atoms with Crippen LogP contribution in [0.3, 0.4) is 0 Å². The maximum Gasteiger partial charge on any atom is 0.340 e. The first kappa shape index (κ1) is 19.6. The number of carbonyl (C=O) groups excluding carboxylic acids is 2. The molecule has 0 aliphatic rings. The smallest absolute Gasteiger partial charge is 0.340 e. The first-order valence-corrected chi connectivity index (χ1v) is 8.37. The Morgan fingerprint density at radius 1 is 1.12 bits per heavy atom. The SMILES string of the molecule is CCOC(=O)c1c(C(C)C)nc(C)c(C(=O)OC)c1-c1ccc(F)cc1. The summed E-state index contributed by atoms with van der Waals surface area (Å²) in [6.45, 7) is 7.36. The molecule has 0 aliphatic carbocycles. The zero-order chi connectivity index (χ0) is 19.4. The Hall–Kier alpha value is -2.76. The van der Waals surface area contributed by atoms with Crippen molar-refractivity contribution in [2.45, 2.75) is 33.6 Å². The van der Waals surface area contributed by atoms with E-state index < -0.39 is 17.8 Å². The van der Waals surface area contributed by atoms with Gasteiger partial charge in [0.15, 0.2) is 0 Å². The van der Waals surface area contributed by atoms with Gasteiger partial charge in [0.25, 0.3) is 0 Å². The van der Waals surface area contributed by atoms with Crippen molar-refractivity contribution >= 4 is 11.9 Å². The highest BCUT2D eigenvalue weighted by Crippen LogP contribution is 2.35. The molecule has 0 atom stereocenters. The molecule has 0 fully saturated rings. The van der Waals surface area contributed by atoms with Crippen molar-refractivity contribution in [2.24, 2.45) is 0 Å². The minimum absolute atomic E-state index is 0.0843. The lowest BCUT2D eigenvalue weighted by Crippen LogP contribution is -2.18. The summed E-state index contributed by atoms with van der Waals surface area (Å²) >= 11 is 0. The second-order valence-corrected chi connectivity index (χ2v) is 6.08. The second-order valence-electron chi connectivity index (χ2n) is 6.08. The predicted molar refractivity (Wildman–Crippen MR) is 95.8 cm³/mol. The minimum Gasteiger partial charge on any atom is -0.465 e. The number of hydrogen-bond donors (Lipinski definition) is 0. The van der Waals surface area contributed by atoms with Crippen LogP contribution in [0.15, 0.2) is 24.3 Å². The van der Waals surface area contributed by atoms with E-state index >= 15 is 0 Å². The zero-order valence-corrected chi connectivity index (χ0v) is 15.6. The van der Waals surface area contributed by atoms with Gasteiger partial charge in [0, 0.05) is 5.56 Å². The Balaban J connectivity index is 2.95. The molecule has 5 nitrogen and oxygen atoms in total. The number of aromatic nitrogens is 1. The summed E-state index contributed by atoms with van der Waals surface area (Å²) in [4.78, 5) is 29.6. The summed E-state index contributed by atoms with van der Waals surface area (Å²) in [5.41, 5.74) is 2.21. The van der Waals surface area contributed by atoms with Crippen molar-refractivity contribution in [3.05, 3.63) is 52.6 Å². The molecular weight excluding hydrogens is 337 g/mol. The van der Waals surface area contributed by atoms with Gasteiger partial charge in [-0.2, -0.15) is 0 Å². The van der Waals surface area contributed by atoms with Crippen LogP contribution in [0.1, 0.15) is 58.8 Å². The van der Waals surface area contributed by atoms with Crippen LogP contribution in [0.4, 0.5) is 4.39 Å². The van der Waals surface area contributed by atoms with Gasteiger partial charge in [0.1, 0.15) is 5.82 Å². The fraction of sp³-hybridized carbons (Fsp3) is 0.350. The number of hydrogen-bond acceptors (Lipinski definition) is 5. The monoisotopic (exact) mass is 359 g/mol. The number of esters is 2. The maximum absolute atomic E-state index is 13.4. The molecule has 6 heteroatoms. The Labute approximate surface area is 152 Å². The lowest BCUT2D eigenvalue weighted by atomic mass is 9.89. The van der Waals surface area contributed by atoms with E-state index in [0.717, 1.165) is 0 Å². The van der Waals surface area contributed by atoms with Crippen LogP contribution >= 0.6 is 0 Å². The molecule has 1 heterocycles. The maximum atomic E-state index is 13.4. The second kappa shape index (κ2) is 8.08. The quantitative estimate of drug-likeness (QED) is 0.746. The Bertz CT molecular complexity index is 829. The molecule has 0 aliphatic heterocycles. The molecule has 0 saturated carbocycles. The van der Waals surface area contributed by atoms with E-state index in [9.17, 15) is 14.0 Å². The van der Waals surface area contributed by atoms with Gasteiger partial charge in [-0.05, 0) is 37.5 Å². The van der Waals surface area contributed by atoms with Crippen LogP contribution in [-0.4, -0.2) is 30.6 Å². The van der Waals surface area contributed by atoms with Crippen LogP contribution in [0.5, 0.6) is 0 Å². The van der Waals surface area contributed by atoms with E-state index in [1.54, 1.807) is 13.8 Å². The lowest BCUT2D eigenvalue weighted by Gasteiger charge is -2.20. The summed E-state index contributed by atoms with van der Waals surface area (Å²) in [5, 5.41) is 0. The van der Waals surface area contributed by atoms with Crippen LogP contribution in [0.25, 0.3) is 11.1 Å². The van der Waals surface area contributed by atoms with E-state index in [1.807, 2.05) is 13.8 Å². The molecule has 1 aromatic carbocycles. The summed E-state index contributed by atoms with van der Waals surface area (Å²) in [6, 6.07) is 5.58. The van der Waals surface area contributed by atoms with Gasteiger partial charge >= 0.3 is 11.9 Å². The third-order valence-corrected chi connectivity index (χ3v) is 3.95. The topological polar surface area (TPSA) is 65.5 Å². The van der Waals surface area contributed by atoms with Crippen molar-refractivity contribution in [3.8, 4) is 11.1 Å². The highest BCUT2D eigenvalue weighted by molar-refractivity contribution is 6.07. The van der Waals surface area contributed by atoms with Gasteiger partial charge < -0.3 is 9.47 Å². The molecule has 2 rings (SSSR count). The molecule has 0 bridgehead atoms. The predicted octanol–water partition coefficient (Wildman–Crippen LogP) is 4.28. The number of pyridine rings is 1. The van der Waals surface area contributed by atoms with Crippen molar-refractivity contribution in [1.82, 2.24) is 4.98 Å². The average molecular weight is 359 g/mol. The van der Waals surface area contributed by atoms with Gasteiger partial charge in [0.2, 0.25) is 0 Å². The van der Waals surface area contributed by atoms with Crippen LogP contribution < -0.4 is 0 Å². The molecule has 1 aromatic heterocycles. The molecular formula is C20H22FNO4. The number of rotatable bonds is 5. The summed E-state index contributed by atoms with van der Waals surface area (Å²) in [7, 11) is 1.26. The number of methoxy groups -OCH3 is 1. The summed E-state index contributed by atoms with van der Waals surface area (Å²) in [6.07, 6.45) is 0. The van der Waals surface area contributed by atoms with Crippen molar-refractivity contribution in [3.63, 3.8) is 0 Å². The first-order chi connectivity index (χ1) is 12.3. The summed E-state index contributed by atoms with van der Waals surface area (Å²) in [5.74, 6) is -1.69. The van der Waals surface area contributed by atoms with E-state index in [0.29, 0.717) is 22.5 Å². The fourth-order valence-corrected chi connectivity index (χ4v) is 2.81. The van der Waals surface area contributed by atoms with Gasteiger partial charge in [-0.15, -0.1) is 0 Å². The molecule has 0 N–H and O–H groups in total. The van der Waals surface area contributed by atoms with Gasteiger partial charge in [0.05, 0.1) is 36.2 Å². The lowest BCUT2D eigenvalue weighted by molar-refractivity contribution is 0.0525. The third-order valence-electron chi connectivity index (χ3n) is 3.95. The molecule has 0 spiro atoms. The minimum atomic E-state index is -0.616. The Kier molecular flexibility index (Phi) is 6.08. The van der Waals surface area contributed by atoms with Crippen molar-refractivity contribution in [2.75, 3.05) is 13.7 Å². The van der Waals surface area contributed by atoms with Gasteiger partial charge in [-0.1, -0.05) is 26.0 Å². The fourth-order valence-electron chi connectivity index (χ4n) is 2.81. The molecule has 0 unspecified atom stereocenters. The molecule has 0 saturated heterocycles. The van der Waals surface area contributed by atoms with Crippen molar-refractivity contribution in [1.29, 1.82) is 0 Å². The first-order valence-electron chi connectivity index (χ1n) is 8.37. The largest absolute Gasteiger partial charge is 0.465 e. The van der Waals surface area contributed by atoms with Crippen LogP contribution in [0.2, 0.25) is 0 Å². The van der Waals surface area contributed by atoms with Crippen LogP contribution in [-0.2, 0) is 9.47 Å². The van der Waals surface area contributed by atoms with Crippen LogP contribution in [0, 0.1) is 12.7 Å². The number of aryl methyl sites for hydroxylation is 1. The molecule has 26 heavy (non-hydrogen) atoms. The van der Waals surface area contributed by atoms with Gasteiger partial charge in [-0.25, -0.2) is 14.0 Å². The highest BCUT2D eigenvalue weighted by Gasteiger charge is 2.29. The zero-order valence-electron chi connectivity index (χ0n) is 15.6. The van der Waals surface area contributed by atoms with E-state index in [4.69, 9.17) is 9.47 Å². The molecule has 0 amide bonds. The molecule has 2 aromatic rings. The summed E-state index contributed by atoms with van der Waals surface area (Å²) < 4.78 is 23.5. The van der Waals surface area contributed by atoms with E-state index in [-0.39, 0.29) is 23.7 Å². The number of ether oxygens (including phenoxy) is 2. The van der Waals surface area contributed by atoms with E-state index in [1.165, 1.54) is 31.4 Å². The Morgan fingerprint density at radius 3 is 2.23 bits per heavy atom. The number of carbonyl (C=O) groups is 2. The van der Waals surface area contributed by atoms with Crippen molar-refractivity contribution < 1.29 is 23.5 Å². The average Bonchev–Trinajstić information content (AvgIpc) is 2.60. The van der Waals surface area contributed by atoms with Gasteiger partial charge in [-0.3, -0.25) is 4.98 Å².